The van der Waals surface area contributed by atoms with E-state index < -0.39 is 0 Å². The van der Waals surface area contributed by atoms with Crippen LogP contribution in [0.3, 0.4) is 0 Å². The zero-order valence-corrected chi connectivity index (χ0v) is 8.19. The predicted molar refractivity (Wildman–Crippen MR) is 52.0 cm³/mol. The van der Waals surface area contributed by atoms with Gasteiger partial charge in [0.1, 0.15) is 0 Å². The molecule has 1 aliphatic rings. The Balaban J connectivity index is 2.92. The molecule has 12 heavy (non-hydrogen) atoms. The fraction of sp³-hybridized carbons (Fsp3) is 0.400. The molecule has 0 bridgehead atoms. The van der Waals surface area contributed by atoms with Crippen molar-refractivity contribution in [2.45, 2.75) is 19.8 Å². The summed E-state index contributed by atoms with van der Waals surface area (Å²) in [4.78, 5) is 0. The van der Waals surface area contributed by atoms with E-state index in [0.717, 1.165) is 29.2 Å². The molecule has 0 atom stereocenters. The molecule has 0 spiro atoms. The van der Waals surface area contributed by atoms with Crippen LogP contribution in [0.25, 0.3) is 0 Å². The van der Waals surface area contributed by atoms with E-state index in [4.69, 9.17) is 16.3 Å². The molecular weight excluding hydrogens is 172 g/mol. The highest BCUT2D eigenvalue weighted by atomic mass is 35.5. The number of allylic oxidation sites excluding steroid dienone is 6. The minimum atomic E-state index is 0.766. The van der Waals surface area contributed by atoms with Crippen molar-refractivity contribution in [1.82, 2.24) is 0 Å². The Morgan fingerprint density at radius 2 is 2.25 bits per heavy atom. The molecule has 0 heterocycles. The maximum atomic E-state index is 5.90. The zero-order chi connectivity index (χ0) is 8.97. The van der Waals surface area contributed by atoms with Crippen molar-refractivity contribution in [3.05, 3.63) is 34.6 Å². The van der Waals surface area contributed by atoms with E-state index in [2.05, 4.69) is 6.08 Å². The molecule has 1 nitrogen and oxygen atoms in total. The van der Waals surface area contributed by atoms with Gasteiger partial charge < -0.3 is 4.74 Å². The molecule has 0 fully saturated rings. The molecule has 66 valence electrons. The molecule has 0 aromatic carbocycles. The zero-order valence-electron chi connectivity index (χ0n) is 7.43. The van der Waals surface area contributed by atoms with E-state index >= 15 is 0 Å². The lowest BCUT2D eigenvalue weighted by atomic mass is 10.1. The molecule has 1 aliphatic carbocycles. The van der Waals surface area contributed by atoms with Crippen molar-refractivity contribution in [3.8, 4) is 0 Å². The number of hydrogen-bond acceptors (Lipinski definition) is 1. The second kappa shape index (κ2) is 4.36. The van der Waals surface area contributed by atoms with Crippen molar-refractivity contribution in [2.24, 2.45) is 0 Å². The Morgan fingerprint density at radius 3 is 2.92 bits per heavy atom. The average molecular weight is 185 g/mol. The smallest absolute Gasteiger partial charge is 0.0988 e. The summed E-state index contributed by atoms with van der Waals surface area (Å²) < 4.78 is 5.23. The summed E-state index contributed by atoms with van der Waals surface area (Å²) in [5.74, 6) is 1.03. The highest BCUT2D eigenvalue weighted by Gasteiger charge is 2.02. The maximum absolute atomic E-state index is 5.90. The Kier molecular flexibility index (Phi) is 3.42. The third kappa shape index (κ3) is 2.42. The first-order valence-electron chi connectivity index (χ1n) is 4.01. The van der Waals surface area contributed by atoms with Crippen LogP contribution < -0.4 is 0 Å². The van der Waals surface area contributed by atoms with E-state index in [-0.39, 0.29) is 0 Å². The number of ether oxygens (including phenoxy) is 1. The van der Waals surface area contributed by atoms with E-state index in [9.17, 15) is 0 Å². The average Bonchev–Trinajstić information content (AvgIpc) is 2.01. The van der Waals surface area contributed by atoms with Gasteiger partial charge in [0, 0.05) is 11.5 Å². The first-order chi connectivity index (χ1) is 5.74. The minimum absolute atomic E-state index is 0.766. The largest absolute Gasteiger partial charge is 0.501 e. The van der Waals surface area contributed by atoms with Crippen molar-refractivity contribution in [3.63, 3.8) is 0 Å². The summed E-state index contributed by atoms with van der Waals surface area (Å²) in [6, 6.07) is 0. The third-order valence-electron chi connectivity index (χ3n) is 1.86. The maximum Gasteiger partial charge on any atom is 0.0988 e. The van der Waals surface area contributed by atoms with E-state index in [1.165, 1.54) is 0 Å². The number of methoxy groups -OCH3 is 1. The number of rotatable bonds is 1. The fourth-order valence-electron chi connectivity index (χ4n) is 1.21. The van der Waals surface area contributed by atoms with Gasteiger partial charge in [0.2, 0.25) is 0 Å². The van der Waals surface area contributed by atoms with Crippen LogP contribution in [0.4, 0.5) is 0 Å². The topological polar surface area (TPSA) is 9.23 Å². The second-order valence-electron chi connectivity index (χ2n) is 2.78. The molecule has 0 amide bonds. The van der Waals surface area contributed by atoms with Gasteiger partial charge >= 0.3 is 0 Å². The van der Waals surface area contributed by atoms with Gasteiger partial charge in [0.05, 0.1) is 12.9 Å². The van der Waals surface area contributed by atoms with Gasteiger partial charge in [0.15, 0.2) is 0 Å². The van der Waals surface area contributed by atoms with Crippen LogP contribution in [0.2, 0.25) is 0 Å². The van der Waals surface area contributed by atoms with Crippen LogP contribution in [-0.2, 0) is 4.74 Å². The molecule has 0 radical (unpaired) electrons. The summed E-state index contributed by atoms with van der Waals surface area (Å²) in [5, 5.41) is 0.766. The SMILES string of the molecule is CO/C1=C(C)/C=C(Cl)\C=C\CC1. The Labute approximate surface area is 78.4 Å². The van der Waals surface area contributed by atoms with Crippen molar-refractivity contribution < 1.29 is 4.74 Å². The van der Waals surface area contributed by atoms with E-state index in [1.54, 1.807) is 7.11 Å². The van der Waals surface area contributed by atoms with Crippen LogP contribution in [-0.4, -0.2) is 7.11 Å². The highest BCUT2D eigenvalue weighted by Crippen LogP contribution is 2.19. The van der Waals surface area contributed by atoms with Gasteiger partial charge in [0.25, 0.3) is 0 Å². The summed E-state index contributed by atoms with van der Waals surface area (Å²) in [5.41, 5.74) is 1.12. The summed E-state index contributed by atoms with van der Waals surface area (Å²) in [6.45, 7) is 2.01. The summed E-state index contributed by atoms with van der Waals surface area (Å²) in [7, 11) is 1.70. The summed E-state index contributed by atoms with van der Waals surface area (Å²) >= 11 is 5.90. The molecular formula is C10H13ClO. The molecule has 2 heteroatoms. The first-order valence-corrected chi connectivity index (χ1v) is 4.39. The van der Waals surface area contributed by atoms with Gasteiger partial charge in [-0.2, -0.15) is 0 Å². The number of hydrogen-bond donors (Lipinski definition) is 0. The monoisotopic (exact) mass is 184 g/mol. The van der Waals surface area contributed by atoms with Crippen LogP contribution in [0.5, 0.6) is 0 Å². The summed E-state index contributed by atoms with van der Waals surface area (Å²) in [6.07, 6.45) is 7.86. The third-order valence-corrected chi connectivity index (χ3v) is 2.09. The van der Waals surface area contributed by atoms with Gasteiger partial charge in [-0.25, -0.2) is 0 Å². The van der Waals surface area contributed by atoms with E-state index in [0.29, 0.717) is 0 Å². The van der Waals surface area contributed by atoms with Gasteiger partial charge in [-0.05, 0) is 31.1 Å². The lowest BCUT2D eigenvalue weighted by Gasteiger charge is -2.09. The predicted octanol–water partition coefficient (Wildman–Crippen LogP) is 3.38. The Morgan fingerprint density at radius 1 is 1.50 bits per heavy atom. The minimum Gasteiger partial charge on any atom is -0.501 e. The van der Waals surface area contributed by atoms with Gasteiger partial charge in [-0.15, -0.1) is 0 Å². The molecule has 0 aliphatic heterocycles. The lowest BCUT2D eigenvalue weighted by Crippen LogP contribution is -1.92. The van der Waals surface area contributed by atoms with Crippen molar-refractivity contribution in [1.29, 1.82) is 0 Å². The van der Waals surface area contributed by atoms with E-state index in [1.807, 2.05) is 19.1 Å². The molecule has 1 rings (SSSR count). The van der Waals surface area contributed by atoms with Gasteiger partial charge in [-0.1, -0.05) is 17.7 Å². The second-order valence-corrected chi connectivity index (χ2v) is 3.22. The van der Waals surface area contributed by atoms with Gasteiger partial charge in [-0.3, -0.25) is 0 Å². The normalized spacial score (nSPS) is 31.4. The highest BCUT2D eigenvalue weighted by molar-refractivity contribution is 6.31. The van der Waals surface area contributed by atoms with Crippen LogP contribution >= 0.6 is 11.6 Å². The van der Waals surface area contributed by atoms with Crippen molar-refractivity contribution in [2.75, 3.05) is 7.11 Å². The standard InChI is InChI=1S/C10H13ClO/c1-8-7-9(11)5-3-4-6-10(8)12-2/h3,5,7H,4,6H2,1-2H3/b5-3+,9-7+,10-8+. The molecule has 0 unspecified atom stereocenters. The molecule has 0 N–H and O–H groups in total. The van der Waals surface area contributed by atoms with Crippen molar-refractivity contribution >= 4 is 11.6 Å². The molecule has 0 saturated heterocycles. The Bertz CT molecular complexity index is 249. The fourth-order valence-corrected chi connectivity index (χ4v) is 1.46. The molecule has 0 aromatic rings. The lowest BCUT2D eigenvalue weighted by molar-refractivity contribution is 0.274. The Hall–Kier alpha value is -0.690. The molecule has 0 aromatic heterocycles. The first kappa shape index (κ1) is 9.40. The molecule has 0 saturated carbocycles. The number of halogens is 1. The van der Waals surface area contributed by atoms with Crippen LogP contribution in [0.1, 0.15) is 19.8 Å². The quantitative estimate of drug-likeness (QED) is 0.607. The van der Waals surface area contributed by atoms with Crippen LogP contribution in [0.15, 0.2) is 34.6 Å². The van der Waals surface area contributed by atoms with Crippen LogP contribution in [0, 0.1) is 0 Å².